The van der Waals surface area contributed by atoms with E-state index in [1.807, 2.05) is 51.1 Å². The number of halogens is 3. The fourth-order valence-electron chi connectivity index (χ4n) is 2.34. The predicted octanol–water partition coefficient (Wildman–Crippen LogP) is 4.28. The average molecular weight is 273 g/mol. The number of rotatable bonds is 6. The van der Waals surface area contributed by atoms with Crippen LogP contribution in [0.25, 0.3) is 0 Å². The van der Waals surface area contributed by atoms with Gasteiger partial charge in [-0.1, -0.05) is 51.1 Å². The van der Waals surface area contributed by atoms with E-state index in [0.717, 1.165) is 5.56 Å². The molecule has 0 spiro atoms. The summed E-state index contributed by atoms with van der Waals surface area (Å²) >= 11 is 0. The molecule has 0 heterocycles. The third-order valence-corrected chi connectivity index (χ3v) is 3.56. The van der Waals surface area contributed by atoms with Crippen LogP contribution in [0.2, 0.25) is 0 Å². The van der Waals surface area contributed by atoms with Crippen molar-refractivity contribution in [3.63, 3.8) is 0 Å². The highest BCUT2D eigenvalue weighted by Crippen LogP contribution is 2.32. The maximum Gasteiger partial charge on any atom is 0.389 e. The first-order valence-electron chi connectivity index (χ1n) is 6.63. The lowest BCUT2D eigenvalue weighted by atomic mass is 9.76. The molecule has 1 aromatic carbocycles. The molecule has 19 heavy (non-hydrogen) atoms. The second-order valence-corrected chi connectivity index (χ2v) is 5.35. The predicted molar refractivity (Wildman–Crippen MR) is 72.2 cm³/mol. The van der Waals surface area contributed by atoms with Crippen LogP contribution >= 0.6 is 0 Å². The largest absolute Gasteiger partial charge is 0.389 e. The smallest absolute Gasteiger partial charge is 0.313 e. The van der Waals surface area contributed by atoms with Crippen LogP contribution in [0.1, 0.15) is 39.2 Å². The summed E-state index contributed by atoms with van der Waals surface area (Å²) in [7, 11) is 0. The van der Waals surface area contributed by atoms with Crippen molar-refractivity contribution in [1.82, 2.24) is 5.32 Å². The SMILES string of the molecule is CCNC(CCC(F)(F)F)C(C)(C)c1ccccc1. The molecule has 108 valence electrons. The van der Waals surface area contributed by atoms with Crippen LogP contribution in [-0.2, 0) is 5.41 Å². The minimum absolute atomic E-state index is 0.0965. The van der Waals surface area contributed by atoms with Gasteiger partial charge in [-0.3, -0.25) is 0 Å². The van der Waals surface area contributed by atoms with Crippen molar-refractivity contribution < 1.29 is 13.2 Å². The van der Waals surface area contributed by atoms with Gasteiger partial charge in [0.25, 0.3) is 0 Å². The standard InChI is InChI=1S/C15H22F3N/c1-4-19-13(10-11-15(16,17)18)14(2,3)12-8-6-5-7-9-12/h5-9,13,19H,4,10-11H2,1-3H3. The van der Waals surface area contributed by atoms with Crippen molar-refractivity contribution >= 4 is 0 Å². The van der Waals surface area contributed by atoms with Gasteiger partial charge in [-0.05, 0) is 18.5 Å². The fraction of sp³-hybridized carbons (Fsp3) is 0.600. The van der Waals surface area contributed by atoms with Crippen LogP contribution in [0, 0.1) is 0 Å². The van der Waals surface area contributed by atoms with Crippen LogP contribution in [0.4, 0.5) is 13.2 Å². The minimum atomic E-state index is -4.10. The number of nitrogens with one attached hydrogen (secondary N) is 1. The molecule has 0 fully saturated rings. The Labute approximate surface area is 113 Å². The highest BCUT2D eigenvalue weighted by atomic mass is 19.4. The molecule has 1 unspecified atom stereocenters. The summed E-state index contributed by atoms with van der Waals surface area (Å²) in [6.07, 6.45) is -4.75. The van der Waals surface area contributed by atoms with Crippen LogP contribution < -0.4 is 5.32 Å². The van der Waals surface area contributed by atoms with Gasteiger partial charge in [-0.2, -0.15) is 13.2 Å². The lowest BCUT2D eigenvalue weighted by molar-refractivity contribution is -0.137. The normalized spacial score (nSPS) is 14.4. The monoisotopic (exact) mass is 273 g/mol. The summed E-state index contributed by atoms with van der Waals surface area (Å²) in [5.41, 5.74) is 0.728. The number of hydrogen-bond acceptors (Lipinski definition) is 1. The zero-order chi connectivity index (χ0) is 14.5. The van der Waals surface area contributed by atoms with Gasteiger partial charge in [0.05, 0.1) is 0 Å². The summed E-state index contributed by atoms with van der Waals surface area (Å²) in [4.78, 5) is 0. The number of hydrogen-bond donors (Lipinski definition) is 1. The Morgan fingerprint density at radius 2 is 1.68 bits per heavy atom. The Kier molecular flexibility index (Phi) is 5.41. The Hall–Kier alpha value is -1.03. The third kappa shape index (κ3) is 4.86. The molecule has 1 rings (SSSR count). The topological polar surface area (TPSA) is 12.0 Å². The highest BCUT2D eigenvalue weighted by molar-refractivity contribution is 5.25. The van der Waals surface area contributed by atoms with Crippen LogP contribution in [0.15, 0.2) is 30.3 Å². The zero-order valence-corrected chi connectivity index (χ0v) is 11.7. The number of alkyl halides is 3. The Morgan fingerprint density at radius 1 is 1.11 bits per heavy atom. The molecule has 0 aromatic heterocycles. The fourth-order valence-corrected chi connectivity index (χ4v) is 2.34. The first-order chi connectivity index (χ1) is 8.77. The van der Waals surface area contributed by atoms with Gasteiger partial charge in [-0.15, -0.1) is 0 Å². The molecule has 0 aliphatic carbocycles. The van der Waals surface area contributed by atoms with Crippen molar-refractivity contribution in [3.05, 3.63) is 35.9 Å². The van der Waals surface area contributed by atoms with E-state index in [9.17, 15) is 13.2 Å². The Morgan fingerprint density at radius 3 is 2.16 bits per heavy atom. The summed E-state index contributed by atoms with van der Waals surface area (Å²) in [6, 6.07) is 9.50. The van der Waals surface area contributed by atoms with E-state index >= 15 is 0 Å². The average Bonchev–Trinajstić information content (AvgIpc) is 2.34. The van der Waals surface area contributed by atoms with E-state index in [1.54, 1.807) is 0 Å². The maximum atomic E-state index is 12.4. The second kappa shape index (κ2) is 6.42. The quantitative estimate of drug-likeness (QED) is 0.815. The van der Waals surface area contributed by atoms with E-state index < -0.39 is 12.6 Å². The molecule has 4 heteroatoms. The van der Waals surface area contributed by atoms with Gasteiger partial charge in [0, 0.05) is 17.9 Å². The van der Waals surface area contributed by atoms with Gasteiger partial charge in [0.15, 0.2) is 0 Å². The van der Waals surface area contributed by atoms with Gasteiger partial charge in [0.1, 0.15) is 0 Å². The van der Waals surface area contributed by atoms with Crippen molar-refractivity contribution in [1.29, 1.82) is 0 Å². The third-order valence-electron chi connectivity index (χ3n) is 3.56. The molecule has 0 aliphatic heterocycles. The second-order valence-electron chi connectivity index (χ2n) is 5.35. The molecule has 0 aliphatic rings. The highest BCUT2D eigenvalue weighted by Gasteiger charge is 2.35. The van der Waals surface area contributed by atoms with Gasteiger partial charge >= 0.3 is 6.18 Å². The molecule has 1 aromatic rings. The van der Waals surface area contributed by atoms with Crippen molar-refractivity contribution in [3.8, 4) is 0 Å². The van der Waals surface area contributed by atoms with E-state index in [0.29, 0.717) is 6.54 Å². The molecule has 1 nitrogen and oxygen atoms in total. The molecular weight excluding hydrogens is 251 g/mol. The maximum absolute atomic E-state index is 12.4. The summed E-state index contributed by atoms with van der Waals surface area (Å²) in [5.74, 6) is 0. The minimum Gasteiger partial charge on any atom is -0.313 e. The molecule has 0 bridgehead atoms. The van der Waals surface area contributed by atoms with Crippen molar-refractivity contribution in [2.24, 2.45) is 0 Å². The van der Waals surface area contributed by atoms with E-state index in [1.165, 1.54) is 0 Å². The van der Waals surface area contributed by atoms with Crippen LogP contribution in [-0.4, -0.2) is 18.8 Å². The summed E-state index contributed by atoms with van der Waals surface area (Å²) in [5, 5.41) is 3.19. The van der Waals surface area contributed by atoms with Crippen molar-refractivity contribution in [2.75, 3.05) is 6.54 Å². The molecule has 1 N–H and O–H groups in total. The molecule has 0 radical (unpaired) electrons. The Bertz CT molecular complexity index is 371. The first kappa shape index (κ1) is 16.0. The molecular formula is C15H22F3N. The van der Waals surface area contributed by atoms with E-state index in [4.69, 9.17) is 0 Å². The van der Waals surface area contributed by atoms with E-state index in [-0.39, 0.29) is 17.9 Å². The van der Waals surface area contributed by atoms with Gasteiger partial charge in [0.2, 0.25) is 0 Å². The first-order valence-corrected chi connectivity index (χ1v) is 6.63. The van der Waals surface area contributed by atoms with E-state index in [2.05, 4.69) is 5.32 Å². The summed E-state index contributed by atoms with van der Waals surface area (Å²) in [6.45, 7) is 6.57. The number of benzene rings is 1. The molecule has 1 atom stereocenters. The lowest BCUT2D eigenvalue weighted by Gasteiger charge is -2.36. The number of likely N-dealkylation sites (N-methyl/N-ethyl adjacent to an activating group) is 1. The van der Waals surface area contributed by atoms with Crippen molar-refractivity contribution in [2.45, 2.75) is 51.2 Å². The zero-order valence-electron chi connectivity index (χ0n) is 11.7. The van der Waals surface area contributed by atoms with Crippen LogP contribution in [0.3, 0.4) is 0 Å². The molecule has 0 saturated carbocycles. The molecule has 0 saturated heterocycles. The van der Waals surface area contributed by atoms with Gasteiger partial charge in [-0.25, -0.2) is 0 Å². The van der Waals surface area contributed by atoms with Crippen LogP contribution in [0.5, 0.6) is 0 Å². The Balaban J connectivity index is 2.85. The molecule has 0 amide bonds. The lowest BCUT2D eigenvalue weighted by Crippen LogP contribution is -2.45. The summed E-state index contributed by atoms with van der Waals surface area (Å²) < 4.78 is 37.3. The van der Waals surface area contributed by atoms with Gasteiger partial charge < -0.3 is 5.32 Å².